The third-order valence-corrected chi connectivity index (χ3v) is 9.45. The SMILES string of the molecule is CCOC(=O)N1CCN(S(=O)(=O)c2ccc(C(=O)N=c3sc4c(Cl)ccc(C)c4n3CC)cc2)CC1. The number of hydrogen-bond acceptors (Lipinski definition) is 6. The van der Waals surface area contributed by atoms with E-state index in [0.717, 1.165) is 15.8 Å². The van der Waals surface area contributed by atoms with Gasteiger partial charge >= 0.3 is 6.09 Å². The highest BCUT2D eigenvalue weighted by molar-refractivity contribution is 7.89. The first kappa shape index (κ1) is 26.3. The van der Waals surface area contributed by atoms with Crippen LogP contribution in [-0.4, -0.2) is 67.0 Å². The summed E-state index contributed by atoms with van der Waals surface area (Å²) < 4.78 is 35.3. The molecule has 0 bridgehead atoms. The molecule has 4 rings (SSSR count). The first-order valence-corrected chi connectivity index (χ1v) is 14.2. The fourth-order valence-electron chi connectivity index (χ4n) is 4.09. The number of halogens is 1. The standard InChI is InChI=1S/C24H27ClN4O5S2/c1-4-29-20-16(3)6-11-19(25)21(20)35-23(29)26-22(30)17-7-9-18(10-8-17)36(32,33)28-14-12-27(13-15-28)24(31)34-5-2/h6-11H,4-5,12-15H2,1-3H3. The van der Waals surface area contributed by atoms with Crippen LogP contribution in [0.3, 0.4) is 0 Å². The Morgan fingerprint density at radius 3 is 2.33 bits per heavy atom. The van der Waals surface area contributed by atoms with Gasteiger partial charge in [0.25, 0.3) is 5.91 Å². The zero-order valence-corrected chi connectivity index (χ0v) is 22.6. The molecule has 192 valence electrons. The predicted molar refractivity (Wildman–Crippen MR) is 139 cm³/mol. The van der Waals surface area contributed by atoms with Crippen LogP contribution in [0.5, 0.6) is 0 Å². The predicted octanol–water partition coefficient (Wildman–Crippen LogP) is 3.89. The first-order chi connectivity index (χ1) is 17.2. The second-order valence-corrected chi connectivity index (χ2v) is 11.5. The normalized spacial score (nSPS) is 15.4. The van der Waals surface area contributed by atoms with Crippen molar-refractivity contribution in [1.82, 2.24) is 13.8 Å². The Morgan fingerprint density at radius 2 is 1.72 bits per heavy atom. The van der Waals surface area contributed by atoms with Crippen molar-refractivity contribution in [2.45, 2.75) is 32.2 Å². The van der Waals surface area contributed by atoms with E-state index in [1.165, 1.54) is 44.8 Å². The summed E-state index contributed by atoms with van der Waals surface area (Å²) in [6.45, 7) is 7.41. The zero-order valence-electron chi connectivity index (χ0n) is 20.2. The quantitative estimate of drug-likeness (QED) is 0.480. The van der Waals surface area contributed by atoms with Crippen molar-refractivity contribution in [3.8, 4) is 0 Å². The van der Waals surface area contributed by atoms with Crippen LogP contribution in [0.2, 0.25) is 5.02 Å². The summed E-state index contributed by atoms with van der Waals surface area (Å²) in [5.74, 6) is -0.468. The molecule has 0 spiro atoms. The molecular weight excluding hydrogens is 524 g/mol. The number of piperazine rings is 1. The Labute approximate surface area is 218 Å². The van der Waals surface area contributed by atoms with E-state index in [-0.39, 0.29) is 43.2 Å². The molecule has 0 aliphatic carbocycles. The minimum atomic E-state index is -3.77. The number of benzene rings is 2. The molecule has 0 unspecified atom stereocenters. The lowest BCUT2D eigenvalue weighted by molar-refractivity contribution is 0.0933. The molecule has 0 saturated carbocycles. The molecule has 2 aromatic carbocycles. The largest absolute Gasteiger partial charge is 0.450 e. The van der Waals surface area contributed by atoms with Gasteiger partial charge in [0, 0.05) is 38.3 Å². The summed E-state index contributed by atoms with van der Waals surface area (Å²) in [5.41, 5.74) is 2.27. The number of ether oxygens (including phenoxy) is 1. The summed E-state index contributed by atoms with van der Waals surface area (Å²) in [7, 11) is -3.77. The zero-order chi connectivity index (χ0) is 26.0. The van der Waals surface area contributed by atoms with Crippen LogP contribution in [0.25, 0.3) is 10.2 Å². The molecule has 2 amide bonds. The summed E-state index contributed by atoms with van der Waals surface area (Å²) >= 11 is 7.72. The highest BCUT2D eigenvalue weighted by atomic mass is 35.5. The van der Waals surface area contributed by atoms with Gasteiger partial charge in [0.15, 0.2) is 4.80 Å². The van der Waals surface area contributed by atoms with Crippen LogP contribution >= 0.6 is 22.9 Å². The van der Waals surface area contributed by atoms with Gasteiger partial charge in [0.1, 0.15) is 0 Å². The highest BCUT2D eigenvalue weighted by Crippen LogP contribution is 2.29. The lowest BCUT2D eigenvalue weighted by atomic mass is 10.2. The number of fused-ring (bicyclic) bond motifs is 1. The van der Waals surface area contributed by atoms with Crippen molar-refractivity contribution in [2.75, 3.05) is 32.8 Å². The maximum atomic E-state index is 13.1. The summed E-state index contributed by atoms with van der Waals surface area (Å²) in [5, 5.41) is 0.606. The molecule has 3 aromatic rings. The van der Waals surface area contributed by atoms with Gasteiger partial charge in [-0.2, -0.15) is 9.30 Å². The van der Waals surface area contributed by atoms with Crippen molar-refractivity contribution in [3.05, 3.63) is 57.3 Å². The third kappa shape index (κ3) is 5.06. The number of thiazole rings is 1. The van der Waals surface area contributed by atoms with Crippen LogP contribution in [-0.2, 0) is 21.3 Å². The van der Waals surface area contributed by atoms with Gasteiger partial charge in [-0.3, -0.25) is 4.79 Å². The maximum Gasteiger partial charge on any atom is 0.409 e. The number of rotatable bonds is 5. The van der Waals surface area contributed by atoms with Gasteiger partial charge in [-0.25, -0.2) is 13.2 Å². The molecule has 0 radical (unpaired) electrons. The first-order valence-electron chi connectivity index (χ1n) is 11.6. The Balaban J connectivity index is 1.54. The molecule has 9 nitrogen and oxygen atoms in total. The second kappa shape index (κ2) is 10.7. The van der Waals surface area contributed by atoms with Gasteiger partial charge < -0.3 is 14.2 Å². The average molecular weight is 551 g/mol. The molecule has 36 heavy (non-hydrogen) atoms. The van der Waals surface area contributed by atoms with Crippen LogP contribution in [0.15, 0.2) is 46.3 Å². The molecule has 1 aliphatic rings. The Bertz CT molecular complexity index is 1470. The maximum absolute atomic E-state index is 13.1. The van der Waals surface area contributed by atoms with Crippen LogP contribution < -0.4 is 4.80 Å². The molecule has 0 N–H and O–H groups in total. The van der Waals surface area contributed by atoms with E-state index in [0.29, 0.717) is 16.4 Å². The van der Waals surface area contributed by atoms with Gasteiger partial charge in [0.05, 0.1) is 26.7 Å². The van der Waals surface area contributed by atoms with Crippen molar-refractivity contribution in [2.24, 2.45) is 4.99 Å². The minimum Gasteiger partial charge on any atom is -0.450 e. The van der Waals surface area contributed by atoms with Gasteiger partial charge in [0.2, 0.25) is 10.0 Å². The van der Waals surface area contributed by atoms with E-state index in [4.69, 9.17) is 16.3 Å². The van der Waals surface area contributed by atoms with E-state index >= 15 is 0 Å². The van der Waals surface area contributed by atoms with E-state index in [1.807, 2.05) is 30.5 Å². The van der Waals surface area contributed by atoms with E-state index < -0.39 is 22.0 Å². The second-order valence-electron chi connectivity index (χ2n) is 8.20. The Hall–Kier alpha value is -2.73. The molecule has 0 atom stereocenters. The Morgan fingerprint density at radius 1 is 1.06 bits per heavy atom. The number of amides is 2. The van der Waals surface area contributed by atoms with E-state index in [2.05, 4.69) is 4.99 Å². The van der Waals surface area contributed by atoms with Crippen LogP contribution in [0, 0.1) is 6.92 Å². The topological polar surface area (TPSA) is 101 Å². The monoisotopic (exact) mass is 550 g/mol. The summed E-state index contributed by atoms with van der Waals surface area (Å²) in [6.07, 6.45) is -0.443. The highest BCUT2D eigenvalue weighted by Gasteiger charge is 2.30. The fourth-order valence-corrected chi connectivity index (χ4v) is 6.96. The lowest BCUT2D eigenvalue weighted by Crippen LogP contribution is -2.50. The number of aryl methyl sites for hydroxylation is 2. The number of aromatic nitrogens is 1. The van der Waals surface area contributed by atoms with E-state index in [9.17, 15) is 18.0 Å². The third-order valence-electron chi connectivity index (χ3n) is 6.00. The number of hydrogen-bond donors (Lipinski definition) is 0. The number of carbonyl (C=O) groups excluding carboxylic acids is 2. The lowest BCUT2D eigenvalue weighted by Gasteiger charge is -2.33. The van der Waals surface area contributed by atoms with Crippen LogP contribution in [0.4, 0.5) is 4.79 Å². The van der Waals surface area contributed by atoms with Crippen molar-refractivity contribution < 1.29 is 22.7 Å². The number of sulfonamides is 1. The summed E-state index contributed by atoms with van der Waals surface area (Å²) in [4.78, 5) is 31.2. The summed E-state index contributed by atoms with van der Waals surface area (Å²) in [6, 6.07) is 9.53. The number of nitrogens with zero attached hydrogens (tertiary/aromatic N) is 4. The molecule has 12 heteroatoms. The minimum absolute atomic E-state index is 0.0801. The molecule has 1 saturated heterocycles. The molecule has 1 fully saturated rings. The molecular formula is C24H27ClN4O5S2. The smallest absolute Gasteiger partial charge is 0.409 e. The Kier molecular flexibility index (Phi) is 7.84. The fraction of sp³-hybridized carbons (Fsp3) is 0.375. The molecule has 1 aromatic heterocycles. The van der Waals surface area contributed by atoms with Crippen molar-refractivity contribution >= 4 is 55.2 Å². The average Bonchev–Trinajstić information content (AvgIpc) is 3.26. The van der Waals surface area contributed by atoms with Crippen molar-refractivity contribution in [1.29, 1.82) is 0 Å². The molecule has 2 heterocycles. The van der Waals surface area contributed by atoms with Gasteiger partial charge in [-0.1, -0.05) is 29.0 Å². The van der Waals surface area contributed by atoms with E-state index in [1.54, 1.807) is 6.92 Å². The van der Waals surface area contributed by atoms with Gasteiger partial charge in [-0.15, -0.1) is 0 Å². The number of carbonyl (C=O) groups is 2. The van der Waals surface area contributed by atoms with Crippen LogP contribution in [0.1, 0.15) is 29.8 Å². The molecule has 1 aliphatic heterocycles. The van der Waals surface area contributed by atoms with Crippen molar-refractivity contribution in [3.63, 3.8) is 0 Å². The van der Waals surface area contributed by atoms with Gasteiger partial charge in [-0.05, 0) is 56.7 Å².